The zero-order chi connectivity index (χ0) is 24.5. The molecule has 0 saturated heterocycles. The molecule has 3 aromatic rings. The molecule has 0 N–H and O–H groups in total. The Kier molecular flexibility index (Phi) is 6.29. The second-order valence-corrected chi connectivity index (χ2v) is 9.56. The highest BCUT2D eigenvalue weighted by Crippen LogP contribution is 2.47. The van der Waals surface area contributed by atoms with E-state index in [1.165, 1.54) is 5.56 Å². The van der Waals surface area contributed by atoms with Crippen LogP contribution in [0.15, 0.2) is 84.1 Å². The van der Waals surface area contributed by atoms with E-state index in [4.69, 9.17) is 4.74 Å². The number of Topliss-reactive ketones (excluding diaryl/α,β-unsaturated/α-hetero) is 1. The van der Waals surface area contributed by atoms with E-state index < -0.39 is 0 Å². The number of carbonyl (C=O) groups is 2. The summed E-state index contributed by atoms with van der Waals surface area (Å²) in [4.78, 5) is 29.3. The van der Waals surface area contributed by atoms with Gasteiger partial charge in [0.05, 0.1) is 6.61 Å². The van der Waals surface area contributed by atoms with Gasteiger partial charge in [-0.2, -0.15) is 0 Å². The molecule has 2 unspecified atom stereocenters. The van der Waals surface area contributed by atoms with Gasteiger partial charge in [-0.1, -0.05) is 48.5 Å². The highest BCUT2D eigenvalue weighted by Gasteiger charge is 2.42. The fraction of sp³-hybridized carbons (Fsp3) is 0.290. The number of rotatable bonds is 5. The molecule has 1 aliphatic carbocycles. The normalized spacial score (nSPS) is 20.1. The van der Waals surface area contributed by atoms with Gasteiger partial charge in [-0.25, -0.2) is 0 Å². The minimum Gasteiger partial charge on any atom is -0.494 e. The van der Waals surface area contributed by atoms with Crippen LogP contribution in [0, 0.1) is 13.8 Å². The van der Waals surface area contributed by atoms with E-state index in [9.17, 15) is 9.59 Å². The summed E-state index contributed by atoms with van der Waals surface area (Å²) in [5, 5.41) is 0. The number of ketones is 1. The summed E-state index contributed by atoms with van der Waals surface area (Å²) in [6, 6.07) is 24.1. The van der Waals surface area contributed by atoms with E-state index in [0.717, 1.165) is 39.4 Å². The molecule has 1 aliphatic heterocycles. The number of aryl methyl sites for hydroxylation is 2. The van der Waals surface area contributed by atoms with Crippen molar-refractivity contribution in [2.75, 3.05) is 11.5 Å². The Balaban J connectivity index is 1.62. The summed E-state index contributed by atoms with van der Waals surface area (Å²) in [6.07, 6.45) is 1.41. The first-order chi connectivity index (χ1) is 17.0. The van der Waals surface area contributed by atoms with E-state index in [2.05, 4.69) is 38.1 Å². The SMILES string of the molecule is CCOc1ccc(C2CC(=O)N(c3ccc(C)c(C)c3)C3=C2C(=O)CC(c2ccccc2)C3)cc1. The summed E-state index contributed by atoms with van der Waals surface area (Å²) < 4.78 is 5.60. The molecule has 4 heteroatoms. The minimum absolute atomic E-state index is 0.0346. The summed E-state index contributed by atoms with van der Waals surface area (Å²) in [5.41, 5.74) is 6.93. The van der Waals surface area contributed by atoms with Crippen molar-refractivity contribution < 1.29 is 14.3 Å². The van der Waals surface area contributed by atoms with Crippen molar-refractivity contribution in [1.82, 2.24) is 0 Å². The molecular formula is C31H31NO3. The zero-order valence-electron chi connectivity index (χ0n) is 20.6. The molecule has 0 saturated carbocycles. The van der Waals surface area contributed by atoms with Gasteiger partial charge in [0.15, 0.2) is 5.78 Å². The average molecular weight is 466 g/mol. The number of anilines is 1. The standard InChI is InChI=1S/C31H31NO3/c1-4-35-26-14-11-23(12-15-26)27-19-30(34)32(25-13-10-20(2)21(3)16-25)28-17-24(18-29(33)31(27)28)22-8-6-5-7-9-22/h5-16,24,27H,4,17-19H2,1-3H3. The van der Waals surface area contributed by atoms with Crippen LogP contribution in [0.25, 0.3) is 0 Å². The smallest absolute Gasteiger partial charge is 0.232 e. The van der Waals surface area contributed by atoms with Gasteiger partial charge in [-0.15, -0.1) is 0 Å². The van der Waals surface area contributed by atoms with E-state index in [1.54, 1.807) is 0 Å². The lowest BCUT2D eigenvalue weighted by Gasteiger charge is -2.40. The lowest BCUT2D eigenvalue weighted by molar-refractivity contribution is -0.120. The van der Waals surface area contributed by atoms with Crippen LogP contribution < -0.4 is 9.64 Å². The van der Waals surface area contributed by atoms with Crippen LogP contribution in [-0.2, 0) is 9.59 Å². The highest BCUT2D eigenvalue weighted by atomic mass is 16.5. The zero-order valence-corrected chi connectivity index (χ0v) is 20.6. The Bertz CT molecular complexity index is 1290. The van der Waals surface area contributed by atoms with Crippen LogP contribution in [0.3, 0.4) is 0 Å². The molecule has 2 atom stereocenters. The van der Waals surface area contributed by atoms with Gasteiger partial charge >= 0.3 is 0 Å². The number of hydrogen-bond donors (Lipinski definition) is 0. The molecule has 2 aliphatic rings. The van der Waals surface area contributed by atoms with E-state index >= 15 is 0 Å². The van der Waals surface area contributed by atoms with Crippen LogP contribution >= 0.6 is 0 Å². The van der Waals surface area contributed by atoms with E-state index in [1.807, 2.05) is 60.4 Å². The third-order valence-electron chi connectivity index (χ3n) is 7.34. The third-order valence-corrected chi connectivity index (χ3v) is 7.34. The molecule has 3 aromatic carbocycles. The molecule has 5 rings (SSSR count). The molecule has 1 heterocycles. The first-order valence-electron chi connectivity index (χ1n) is 12.4. The lowest BCUT2D eigenvalue weighted by Crippen LogP contribution is -2.41. The quantitative estimate of drug-likeness (QED) is 0.425. The molecule has 0 aromatic heterocycles. The van der Waals surface area contributed by atoms with Crippen molar-refractivity contribution >= 4 is 17.4 Å². The molecule has 35 heavy (non-hydrogen) atoms. The van der Waals surface area contributed by atoms with Crippen LogP contribution in [0.2, 0.25) is 0 Å². The monoisotopic (exact) mass is 465 g/mol. The minimum atomic E-state index is -0.236. The topological polar surface area (TPSA) is 46.6 Å². The third kappa shape index (κ3) is 4.41. The molecule has 0 bridgehead atoms. The largest absolute Gasteiger partial charge is 0.494 e. The van der Waals surface area contributed by atoms with Gasteiger partial charge < -0.3 is 4.74 Å². The molecule has 0 radical (unpaired) electrons. The Morgan fingerprint density at radius 3 is 2.26 bits per heavy atom. The predicted octanol–water partition coefficient (Wildman–Crippen LogP) is 6.62. The Morgan fingerprint density at radius 1 is 0.829 bits per heavy atom. The maximum atomic E-state index is 13.7. The summed E-state index contributed by atoms with van der Waals surface area (Å²) in [5.74, 6) is 0.791. The first-order valence-corrected chi connectivity index (χ1v) is 12.4. The number of amides is 1. The molecule has 1 amide bonds. The average Bonchev–Trinajstić information content (AvgIpc) is 2.86. The van der Waals surface area contributed by atoms with Crippen molar-refractivity contribution in [3.8, 4) is 5.75 Å². The number of nitrogens with zero attached hydrogens (tertiary/aromatic N) is 1. The van der Waals surface area contributed by atoms with Gasteiger partial charge in [0, 0.05) is 35.7 Å². The number of ether oxygens (including phenoxy) is 1. The molecular weight excluding hydrogens is 434 g/mol. The van der Waals surface area contributed by atoms with Gasteiger partial charge in [-0.05, 0) is 79.6 Å². The molecule has 4 nitrogen and oxygen atoms in total. The summed E-state index contributed by atoms with van der Waals surface area (Å²) >= 11 is 0. The fourth-order valence-electron chi connectivity index (χ4n) is 5.41. The van der Waals surface area contributed by atoms with Crippen LogP contribution in [-0.4, -0.2) is 18.3 Å². The number of carbonyl (C=O) groups excluding carboxylic acids is 2. The predicted molar refractivity (Wildman–Crippen MR) is 139 cm³/mol. The number of benzene rings is 3. The van der Waals surface area contributed by atoms with Crippen LogP contribution in [0.5, 0.6) is 5.75 Å². The number of allylic oxidation sites excluding steroid dienone is 2. The van der Waals surface area contributed by atoms with Crippen LogP contribution in [0.4, 0.5) is 5.69 Å². The van der Waals surface area contributed by atoms with Crippen molar-refractivity contribution in [3.05, 3.63) is 106 Å². The fourth-order valence-corrected chi connectivity index (χ4v) is 5.41. The van der Waals surface area contributed by atoms with Gasteiger partial charge in [0.1, 0.15) is 5.75 Å². The summed E-state index contributed by atoms with van der Waals surface area (Å²) in [7, 11) is 0. The van der Waals surface area contributed by atoms with Gasteiger partial charge in [-0.3, -0.25) is 14.5 Å². The summed E-state index contributed by atoms with van der Waals surface area (Å²) in [6.45, 7) is 6.68. The lowest BCUT2D eigenvalue weighted by atomic mass is 9.72. The highest BCUT2D eigenvalue weighted by molar-refractivity contribution is 6.08. The van der Waals surface area contributed by atoms with Gasteiger partial charge in [0.2, 0.25) is 5.91 Å². The van der Waals surface area contributed by atoms with Gasteiger partial charge in [0.25, 0.3) is 0 Å². The Hall–Kier alpha value is -3.66. The van der Waals surface area contributed by atoms with Crippen molar-refractivity contribution in [2.24, 2.45) is 0 Å². The Morgan fingerprint density at radius 2 is 1.57 bits per heavy atom. The Labute approximate surface area is 207 Å². The molecule has 178 valence electrons. The number of hydrogen-bond acceptors (Lipinski definition) is 3. The van der Waals surface area contributed by atoms with Crippen molar-refractivity contribution in [1.29, 1.82) is 0 Å². The molecule has 0 fully saturated rings. The molecule has 0 spiro atoms. The van der Waals surface area contributed by atoms with Crippen molar-refractivity contribution in [3.63, 3.8) is 0 Å². The first kappa shape index (κ1) is 23.1. The second kappa shape index (κ2) is 9.53. The maximum Gasteiger partial charge on any atom is 0.232 e. The van der Waals surface area contributed by atoms with E-state index in [0.29, 0.717) is 19.4 Å². The van der Waals surface area contributed by atoms with E-state index in [-0.39, 0.29) is 29.9 Å². The van der Waals surface area contributed by atoms with Crippen LogP contribution in [0.1, 0.15) is 60.3 Å². The van der Waals surface area contributed by atoms with Crippen molar-refractivity contribution in [2.45, 2.75) is 51.9 Å². The maximum absolute atomic E-state index is 13.7. The second-order valence-electron chi connectivity index (χ2n) is 9.56.